The minimum absolute atomic E-state index is 0.225. The summed E-state index contributed by atoms with van der Waals surface area (Å²) in [6, 6.07) is 8.31. The number of aliphatic carboxylic acids is 1. The molecule has 0 aliphatic rings. The Morgan fingerprint density at radius 2 is 1.62 bits per heavy atom. The lowest BCUT2D eigenvalue weighted by Gasteiger charge is -2.06. The van der Waals surface area contributed by atoms with Crippen molar-refractivity contribution in [1.29, 1.82) is 0 Å². The van der Waals surface area contributed by atoms with Gasteiger partial charge in [0.1, 0.15) is 0 Å². The molecular weight excluding hydrogens is 410 g/mol. The Labute approximate surface area is 160 Å². The van der Waals surface area contributed by atoms with E-state index in [2.05, 4.69) is 15.7 Å². The maximum Gasteiger partial charge on any atom is 0.490 e. The number of halogens is 6. The number of carbonyl (C=O) groups is 2. The fourth-order valence-corrected chi connectivity index (χ4v) is 1.86. The van der Waals surface area contributed by atoms with E-state index in [0.717, 1.165) is 10.9 Å². The van der Waals surface area contributed by atoms with Crippen LogP contribution < -0.4 is 10.6 Å². The van der Waals surface area contributed by atoms with Crippen LogP contribution in [0.25, 0.3) is 5.69 Å². The summed E-state index contributed by atoms with van der Waals surface area (Å²) in [5, 5.41) is 15.9. The van der Waals surface area contributed by atoms with Gasteiger partial charge in [-0.3, -0.25) is 4.79 Å². The third kappa shape index (κ3) is 7.44. The Bertz CT molecular complexity index is 818. The standard InChI is InChI=1S/C14H15F3N4O.C2HF3O2/c1-18-7-8-19-13(22)11-9-21(10-5-3-2-4-6-10)20-12(11)14(15,16)17;3-2(4,5)1(6)7/h2-6,9,18H,7-8H2,1H3,(H,19,22);(H,6,7). The number of carboxylic acids is 1. The van der Waals surface area contributed by atoms with Crippen LogP contribution >= 0.6 is 0 Å². The van der Waals surface area contributed by atoms with Gasteiger partial charge in [0.05, 0.1) is 11.3 Å². The molecule has 2 rings (SSSR count). The zero-order chi connectivity index (χ0) is 22.2. The van der Waals surface area contributed by atoms with Gasteiger partial charge in [0.15, 0.2) is 5.69 Å². The van der Waals surface area contributed by atoms with Crippen LogP contribution in [0.3, 0.4) is 0 Å². The van der Waals surface area contributed by atoms with Gasteiger partial charge in [0.2, 0.25) is 0 Å². The molecule has 0 atom stereocenters. The zero-order valence-corrected chi connectivity index (χ0v) is 14.8. The van der Waals surface area contributed by atoms with Gasteiger partial charge in [-0.1, -0.05) is 18.2 Å². The van der Waals surface area contributed by atoms with E-state index in [-0.39, 0.29) is 6.54 Å². The lowest BCUT2D eigenvalue weighted by atomic mass is 10.2. The molecule has 0 fully saturated rings. The summed E-state index contributed by atoms with van der Waals surface area (Å²) in [5.41, 5.74) is -1.24. The molecule has 1 amide bonds. The molecule has 3 N–H and O–H groups in total. The number of hydrogen-bond donors (Lipinski definition) is 3. The highest BCUT2D eigenvalue weighted by Crippen LogP contribution is 2.31. The average molecular weight is 426 g/mol. The van der Waals surface area contributed by atoms with Crippen molar-refractivity contribution in [3.63, 3.8) is 0 Å². The molecule has 13 heteroatoms. The highest BCUT2D eigenvalue weighted by Gasteiger charge is 2.39. The second-order valence-electron chi connectivity index (χ2n) is 5.33. The highest BCUT2D eigenvalue weighted by atomic mass is 19.4. The molecule has 160 valence electrons. The largest absolute Gasteiger partial charge is 0.490 e. The van der Waals surface area contributed by atoms with Crippen molar-refractivity contribution in [3.8, 4) is 5.69 Å². The van der Waals surface area contributed by atoms with E-state index in [4.69, 9.17) is 9.90 Å². The quantitative estimate of drug-likeness (QED) is 0.504. The molecule has 0 unspecified atom stereocenters. The molecule has 0 bridgehead atoms. The summed E-state index contributed by atoms with van der Waals surface area (Å²) in [6.07, 6.45) is -8.69. The van der Waals surface area contributed by atoms with Crippen LogP contribution in [0.2, 0.25) is 0 Å². The third-order valence-corrected chi connectivity index (χ3v) is 3.15. The lowest BCUT2D eigenvalue weighted by Crippen LogP contribution is -2.31. The van der Waals surface area contributed by atoms with Crippen molar-refractivity contribution in [2.24, 2.45) is 0 Å². The van der Waals surface area contributed by atoms with Crippen LogP contribution in [-0.2, 0) is 11.0 Å². The second-order valence-corrected chi connectivity index (χ2v) is 5.33. The van der Waals surface area contributed by atoms with Crippen LogP contribution in [0.5, 0.6) is 0 Å². The molecule has 0 radical (unpaired) electrons. The van der Waals surface area contributed by atoms with Crippen LogP contribution in [0, 0.1) is 0 Å². The fourth-order valence-electron chi connectivity index (χ4n) is 1.86. The Morgan fingerprint density at radius 3 is 2.07 bits per heavy atom. The van der Waals surface area contributed by atoms with Crippen LogP contribution in [0.15, 0.2) is 36.5 Å². The van der Waals surface area contributed by atoms with E-state index in [9.17, 15) is 31.1 Å². The average Bonchev–Trinajstić information content (AvgIpc) is 3.08. The van der Waals surface area contributed by atoms with Crippen molar-refractivity contribution in [2.75, 3.05) is 20.1 Å². The summed E-state index contributed by atoms with van der Waals surface area (Å²) < 4.78 is 72.0. The van der Waals surface area contributed by atoms with Crippen molar-refractivity contribution in [3.05, 3.63) is 47.8 Å². The van der Waals surface area contributed by atoms with Crippen molar-refractivity contribution in [2.45, 2.75) is 12.4 Å². The molecule has 29 heavy (non-hydrogen) atoms. The number of aromatic nitrogens is 2. The maximum atomic E-state index is 13.1. The Morgan fingerprint density at radius 1 is 1.07 bits per heavy atom. The molecule has 0 spiro atoms. The number of rotatable bonds is 5. The van der Waals surface area contributed by atoms with E-state index < -0.39 is 35.5 Å². The van der Waals surface area contributed by atoms with Gasteiger partial charge in [-0.15, -0.1) is 0 Å². The number of nitrogens with zero attached hydrogens (tertiary/aromatic N) is 2. The predicted molar refractivity (Wildman–Crippen MR) is 88.5 cm³/mol. The highest BCUT2D eigenvalue weighted by molar-refractivity contribution is 5.95. The van der Waals surface area contributed by atoms with E-state index in [1.165, 1.54) is 0 Å². The maximum absolute atomic E-state index is 13.1. The van der Waals surface area contributed by atoms with Crippen LogP contribution in [-0.4, -0.2) is 53.1 Å². The Hall–Kier alpha value is -3.09. The smallest absolute Gasteiger partial charge is 0.475 e. The molecule has 2 aromatic rings. The monoisotopic (exact) mass is 426 g/mol. The molecule has 1 heterocycles. The molecule has 7 nitrogen and oxygen atoms in total. The molecule has 1 aromatic heterocycles. The van der Waals surface area contributed by atoms with Gasteiger partial charge >= 0.3 is 18.3 Å². The first kappa shape index (κ1) is 23.9. The van der Waals surface area contributed by atoms with Gasteiger partial charge < -0.3 is 15.7 Å². The minimum Gasteiger partial charge on any atom is -0.475 e. The number of likely N-dealkylation sites (N-methyl/N-ethyl adjacent to an activating group) is 1. The van der Waals surface area contributed by atoms with E-state index in [1.807, 2.05) is 0 Å². The number of carbonyl (C=O) groups excluding carboxylic acids is 1. The van der Waals surface area contributed by atoms with Crippen molar-refractivity contribution >= 4 is 11.9 Å². The Balaban J connectivity index is 0.000000516. The van der Waals surface area contributed by atoms with Gasteiger partial charge in [-0.05, 0) is 19.2 Å². The minimum atomic E-state index is -5.08. The Kier molecular flexibility index (Phi) is 8.18. The van der Waals surface area contributed by atoms with Crippen molar-refractivity contribution < 1.29 is 41.0 Å². The summed E-state index contributed by atoms with van der Waals surface area (Å²) in [7, 11) is 1.68. The first-order valence-electron chi connectivity index (χ1n) is 7.83. The van der Waals surface area contributed by atoms with Gasteiger partial charge in [0.25, 0.3) is 5.91 Å². The number of alkyl halides is 6. The number of hydrogen-bond acceptors (Lipinski definition) is 4. The molecule has 0 aliphatic carbocycles. The predicted octanol–water partition coefficient (Wildman–Crippen LogP) is 2.47. The molecule has 1 aromatic carbocycles. The van der Waals surface area contributed by atoms with Gasteiger partial charge in [0, 0.05) is 19.3 Å². The number of carboxylic acid groups (broad SMARTS) is 1. The number of amides is 1. The normalized spacial score (nSPS) is 11.4. The molecule has 0 saturated carbocycles. The summed E-state index contributed by atoms with van der Waals surface area (Å²) in [6.45, 7) is 0.684. The first-order valence-corrected chi connectivity index (χ1v) is 7.83. The summed E-state index contributed by atoms with van der Waals surface area (Å²) >= 11 is 0. The van der Waals surface area contributed by atoms with Crippen LogP contribution in [0.4, 0.5) is 26.3 Å². The molecular formula is C16H16F6N4O3. The van der Waals surface area contributed by atoms with Gasteiger partial charge in [-0.25, -0.2) is 9.48 Å². The third-order valence-electron chi connectivity index (χ3n) is 3.15. The topological polar surface area (TPSA) is 96.2 Å². The van der Waals surface area contributed by atoms with Crippen molar-refractivity contribution in [1.82, 2.24) is 20.4 Å². The molecule has 0 saturated heterocycles. The lowest BCUT2D eigenvalue weighted by molar-refractivity contribution is -0.192. The number of benzene rings is 1. The summed E-state index contributed by atoms with van der Waals surface area (Å²) in [5.74, 6) is -3.56. The SMILES string of the molecule is CNCCNC(=O)c1cn(-c2ccccc2)nc1C(F)(F)F.O=C(O)C(F)(F)F. The first-order chi connectivity index (χ1) is 13.4. The van der Waals surface area contributed by atoms with E-state index in [1.54, 1.807) is 37.4 Å². The summed E-state index contributed by atoms with van der Waals surface area (Å²) in [4.78, 5) is 20.8. The second kappa shape index (κ2) is 9.91. The number of nitrogens with one attached hydrogen (secondary N) is 2. The van der Waals surface area contributed by atoms with E-state index >= 15 is 0 Å². The van der Waals surface area contributed by atoms with Crippen LogP contribution in [0.1, 0.15) is 16.1 Å². The number of para-hydroxylation sites is 1. The molecule has 0 aliphatic heterocycles. The fraction of sp³-hybridized carbons (Fsp3) is 0.312. The van der Waals surface area contributed by atoms with Gasteiger partial charge in [-0.2, -0.15) is 31.4 Å². The zero-order valence-electron chi connectivity index (χ0n) is 14.8. The van der Waals surface area contributed by atoms with E-state index in [0.29, 0.717) is 12.2 Å².